The van der Waals surface area contributed by atoms with Crippen molar-refractivity contribution < 1.29 is 14.6 Å². The summed E-state index contributed by atoms with van der Waals surface area (Å²) in [5.74, 6) is -0.391. The molecular weight excluding hydrogens is 192 g/mol. The number of allylic oxidation sites excluding steroid dienone is 1. The van der Waals surface area contributed by atoms with E-state index in [0.29, 0.717) is 11.1 Å². The highest BCUT2D eigenvalue weighted by atomic mass is 16.5. The van der Waals surface area contributed by atoms with Gasteiger partial charge in [-0.1, -0.05) is 18.2 Å². The van der Waals surface area contributed by atoms with E-state index in [9.17, 15) is 4.79 Å². The second kappa shape index (κ2) is 4.75. The summed E-state index contributed by atoms with van der Waals surface area (Å²) in [5.41, 5.74) is 2.71. The van der Waals surface area contributed by atoms with Crippen LogP contribution in [0.1, 0.15) is 28.4 Å². The first-order valence-electron chi connectivity index (χ1n) is 4.58. The maximum absolute atomic E-state index is 11.4. The number of aliphatic hydroxyl groups excluding tert-OH is 1. The van der Waals surface area contributed by atoms with Crippen molar-refractivity contribution in [2.45, 2.75) is 13.5 Å². The van der Waals surface area contributed by atoms with Gasteiger partial charge < -0.3 is 9.84 Å². The number of carbonyl (C=O) groups excluding carboxylic acids is 1. The van der Waals surface area contributed by atoms with Crippen LogP contribution in [0, 0.1) is 0 Å². The van der Waals surface area contributed by atoms with Gasteiger partial charge in [0.1, 0.15) is 0 Å². The monoisotopic (exact) mass is 206 g/mol. The van der Waals surface area contributed by atoms with Gasteiger partial charge in [0.2, 0.25) is 0 Å². The predicted octanol–water partition coefficient (Wildman–Crippen LogP) is 2.00. The number of rotatable bonds is 3. The van der Waals surface area contributed by atoms with Gasteiger partial charge >= 0.3 is 5.97 Å². The van der Waals surface area contributed by atoms with Gasteiger partial charge in [0.25, 0.3) is 0 Å². The Morgan fingerprint density at radius 2 is 2.13 bits per heavy atom. The van der Waals surface area contributed by atoms with Crippen LogP contribution in [0.2, 0.25) is 0 Å². The smallest absolute Gasteiger partial charge is 0.338 e. The Morgan fingerprint density at radius 3 is 2.60 bits per heavy atom. The van der Waals surface area contributed by atoms with Gasteiger partial charge in [-0.05, 0) is 30.2 Å². The Kier molecular flexibility index (Phi) is 3.63. The zero-order chi connectivity index (χ0) is 11.4. The van der Waals surface area contributed by atoms with Crippen LogP contribution in [0.4, 0.5) is 0 Å². The molecule has 0 aromatic heterocycles. The highest BCUT2D eigenvalue weighted by Crippen LogP contribution is 2.20. The van der Waals surface area contributed by atoms with E-state index in [1.807, 2.05) is 6.92 Å². The molecule has 0 aliphatic carbocycles. The van der Waals surface area contributed by atoms with Gasteiger partial charge in [-0.15, -0.1) is 0 Å². The Morgan fingerprint density at radius 1 is 1.47 bits per heavy atom. The molecule has 0 fully saturated rings. The number of methoxy groups -OCH3 is 1. The van der Waals surface area contributed by atoms with Crippen molar-refractivity contribution in [2.24, 2.45) is 0 Å². The minimum absolute atomic E-state index is 0.0538. The molecule has 0 saturated carbocycles. The SMILES string of the molecule is C=C(C)c1cc(CO)ccc1C(=O)OC. The molecule has 3 heteroatoms. The molecule has 1 rings (SSSR count). The van der Waals surface area contributed by atoms with E-state index >= 15 is 0 Å². The fourth-order valence-electron chi connectivity index (χ4n) is 1.33. The van der Waals surface area contributed by atoms with Gasteiger partial charge in [-0.2, -0.15) is 0 Å². The molecule has 0 radical (unpaired) electrons. The molecule has 0 bridgehead atoms. The molecule has 1 aromatic carbocycles. The van der Waals surface area contributed by atoms with Crippen LogP contribution in [0.3, 0.4) is 0 Å². The number of esters is 1. The fourth-order valence-corrected chi connectivity index (χ4v) is 1.33. The predicted molar refractivity (Wildman–Crippen MR) is 58.4 cm³/mol. The highest BCUT2D eigenvalue weighted by Gasteiger charge is 2.12. The lowest BCUT2D eigenvalue weighted by Gasteiger charge is -2.09. The first-order chi connectivity index (χ1) is 7.10. The maximum Gasteiger partial charge on any atom is 0.338 e. The molecule has 1 N–H and O–H groups in total. The first-order valence-corrected chi connectivity index (χ1v) is 4.58. The molecule has 0 aliphatic heterocycles. The summed E-state index contributed by atoms with van der Waals surface area (Å²) < 4.78 is 4.66. The van der Waals surface area contributed by atoms with E-state index in [4.69, 9.17) is 5.11 Å². The summed E-state index contributed by atoms with van der Waals surface area (Å²) in [4.78, 5) is 11.4. The molecule has 15 heavy (non-hydrogen) atoms. The Labute approximate surface area is 89.0 Å². The van der Waals surface area contributed by atoms with E-state index in [-0.39, 0.29) is 6.61 Å². The third-order valence-electron chi connectivity index (χ3n) is 2.13. The van der Waals surface area contributed by atoms with Crippen LogP contribution in [-0.2, 0) is 11.3 Å². The maximum atomic E-state index is 11.4. The van der Waals surface area contributed by atoms with E-state index in [0.717, 1.165) is 11.1 Å². The number of hydrogen-bond donors (Lipinski definition) is 1. The van der Waals surface area contributed by atoms with Crippen LogP contribution in [0.5, 0.6) is 0 Å². The van der Waals surface area contributed by atoms with Crippen molar-refractivity contribution in [1.82, 2.24) is 0 Å². The minimum Gasteiger partial charge on any atom is -0.465 e. The van der Waals surface area contributed by atoms with Gasteiger partial charge in [0, 0.05) is 0 Å². The van der Waals surface area contributed by atoms with Gasteiger partial charge in [0.15, 0.2) is 0 Å². The van der Waals surface area contributed by atoms with Gasteiger partial charge in [0.05, 0.1) is 19.3 Å². The zero-order valence-corrected chi connectivity index (χ0v) is 8.91. The Hall–Kier alpha value is -1.61. The average Bonchev–Trinajstić information content (AvgIpc) is 2.27. The first kappa shape index (κ1) is 11.5. The van der Waals surface area contributed by atoms with E-state index < -0.39 is 5.97 Å². The summed E-state index contributed by atoms with van der Waals surface area (Å²) in [7, 11) is 1.34. The van der Waals surface area contributed by atoms with Crippen LogP contribution in [-0.4, -0.2) is 18.2 Å². The van der Waals surface area contributed by atoms with E-state index in [1.54, 1.807) is 18.2 Å². The van der Waals surface area contributed by atoms with E-state index in [1.165, 1.54) is 7.11 Å². The van der Waals surface area contributed by atoms with Crippen molar-refractivity contribution in [2.75, 3.05) is 7.11 Å². The Bertz CT molecular complexity index is 394. The molecule has 80 valence electrons. The second-order valence-electron chi connectivity index (χ2n) is 3.31. The molecule has 0 saturated heterocycles. The summed E-state index contributed by atoms with van der Waals surface area (Å²) in [6, 6.07) is 5.08. The number of benzene rings is 1. The molecule has 3 nitrogen and oxygen atoms in total. The van der Waals surface area contributed by atoms with Crippen molar-refractivity contribution in [3.63, 3.8) is 0 Å². The molecule has 1 aromatic rings. The molecule has 0 atom stereocenters. The van der Waals surface area contributed by atoms with E-state index in [2.05, 4.69) is 11.3 Å². The largest absolute Gasteiger partial charge is 0.465 e. The van der Waals surface area contributed by atoms with Crippen molar-refractivity contribution in [3.8, 4) is 0 Å². The van der Waals surface area contributed by atoms with Crippen LogP contribution in [0.15, 0.2) is 24.8 Å². The number of ether oxygens (including phenoxy) is 1. The number of hydrogen-bond acceptors (Lipinski definition) is 3. The molecule has 0 heterocycles. The van der Waals surface area contributed by atoms with Crippen molar-refractivity contribution >= 4 is 11.5 Å². The standard InChI is InChI=1S/C12H14O3/c1-8(2)11-6-9(7-13)4-5-10(11)12(14)15-3/h4-6,13H,1,7H2,2-3H3. The lowest BCUT2D eigenvalue weighted by atomic mass is 9.99. The van der Waals surface area contributed by atoms with Crippen LogP contribution < -0.4 is 0 Å². The molecule has 0 aliphatic rings. The quantitative estimate of drug-likeness (QED) is 0.769. The number of aliphatic hydroxyl groups is 1. The second-order valence-corrected chi connectivity index (χ2v) is 3.31. The zero-order valence-electron chi connectivity index (χ0n) is 8.91. The molecule has 0 unspecified atom stereocenters. The highest BCUT2D eigenvalue weighted by molar-refractivity contribution is 5.95. The molecule has 0 spiro atoms. The number of carbonyl (C=O) groups is 1. The Balaban J connectivity index is 3.27. The van der Waals surface area contributed by atoms with Gasteiger partial charge in [-0.25, -0.2) is 4.79 Å². The lowest BCUT2D eigenvalue weighted by molar-refractivity contribution is 0.0600. The minimum atomic E-state index is -0.391. The van der Waals surface area contributed by atoms with Gasteiger partial charge in [-0.3, -0.25) is 0 Å². The average molecular weight is 206 g/mol. The van der Waals surface area contributed by atoms with Crippen molar-refractivity contribution in [1.29, 1.82) is 0 Å². The fraction of sp³-hybridized carbons (Fsp3) is 0.250. The summed E-state index contributed by atoms with van der Waals surface area (Å²) >= 11 is 0. The molecular formula is C12H14O3. The topological polar surface area (TPSA) is 46.5 Å². The summed E-state index contributed by atoms with van der Waals surface area (Å²) in [5, 5.41) is 8.98. The lowest BCUT2D eigenvalue weighted by Crippen LogP contribution is -2.05. The third kappa shape index (κ3) is 2.44. The normalized spacial score (nSPS) is 9.80. The molecule has 0 amide bonds. The summed E-state index contributed by atoms with van der Waals surface area (Å²) in [6.07, 6.45) is 0. The van der Waals surface area contributed by atoms with Crippen LogP contribution >= 0.6 is 0 Å². The third-order valence-corrected chi connectivity index (χ3v) is 2.13. The van der Waals surface area contributed by atoms with Crippen LogP contribution in [0.25, 0.3) is 5.57 Å². The van der Waals surface area contributed by atoms with Crippen molar-refractivity contribution in [3.05, 3.63) is 41.5 Å². The summed E-state index contributed by atoms with van der Waals surface area (Å²) in [6.45, 7) is 5.54.